The molecule has 0 spiro atoms. The van der Waals surface area contributed by atoms with Gasteiger partial charge in [0.05, 0.1) is 17.7 Å². The minimum absolute atomic E-state index is 0.0653. The summed E-state index contributed by atoms with van der Waals surface area (Å²) in [5, 5.41) is 0. The first-order valence-corrected chi connectivity index (χ1v) is 9.20. The van der Waals surface area contributed by atoms with Gasteiger partial charge in [0, 0.05) is 25.4 Å². The average molecular weight is 365 g/mol. The Morgan fingerprint density at radius 2 is 2.00 bits per heavy atom. The van der Waals surface area contributed by atoms with Crippen LogP contribution in [-0.2, 0) is 9.53 Å². The van der Waals surface area contributed by atoms with E-state index in [-0.39, 0.29) is 5.41 Å². The van der Waals surface area contributed by atoms with Crippen LogP contribution in [0, 0.1) is 17.3 Å². The van der Waals surface area contributed by atoms with Crippen LogP contribution in [0.1, 0.15) is 61.0 Å². The minimum Gasteiger partial charge on any atom is -0.465 e. The average Bonchev–Trinajstić information content (AvgIpc) is 2.82. The van der Waals surface area contributed by atoms with Gasteiger partial charge < -0.3 is 15.4 Å². The van der Waals surface area contributed by atoms with E-state index >= 15 is 0 Å². The number of carbonyl (C=O) groups is 2. The molecule has 2 N–H and O–H groups in total. The molecule has 0 aliphatic carbocycles. The van der Waals surface area contributed by atoms with Crippen LogP contribution in [0.25, 0.3) is 0 Å². The smallest absolute Gasteiger partial charge is 0.350 e. The molecule has 1 saturated heterocycles. The van der Waals surface area contributed by atoms with Gasteiger partial charge in [0.15, 0.2) is 0 Å². The number of nitrogens with two attached hydrogens (primary N) is 1. The molecule has 5 nitrogen and oxygen atoms in total. The summed E-state index contributed by atoms with van der Waals surface area (Å²) in [6.07, 6.45) is 4.25. The number of hydrogen-bond acceptors (Lipinski definition) is 5. The summed E-state index contributed by atoms with van der Waals surface area (Å²) in [5.74, 6) is 6.00. The van der Waals surface area contributed by atoms with Crippen molar-refractivity contribution in [1.82, 2.24) is 4.90 Å². The topological polar surface area (TPSA) is 72.6 Å². The highest BCUT2D eigenvalue weighted by atomic mass is 32.1. The van der Waals surface area contributed by atoms with Gasteiger partial charge in [0.1, 0.15) is 4.88 Å². The number of thiophene rings is 1. The van der Waals surface area contributed by atoms with Gasteiger partial charge in [-0.15, -0.1) is 11.3 Å². The van der Waals surface area contributed by atoms with Gasteiger partial charge in [0.25, 0.3) is 0 Å². The van der Waals surface area contributed by atoms with E-state index in [0.29, 0.717) is 16.5 Å². The molecule has 1 aliphatic heterocycles. The lowest BCUT2D eigenvalue weighted by Crippen LogP contribution is -2.25. The van der Waals surface area contributed by atoms with Crippen LogP contribution in [-0.4, -0.2) is 37.5 Å². The summed E-state index contributed by atoms with van der Waals surface area (Å²) in [5.41, 5.74) is 6.06. The number of amides is 1. The maximum absolute atomic E-state index is 11.3. The van der Waals surface area contributed by atoms with Gasteiger partial charge in [-0.05, 0) is 39.7 Å². The Labute approximate surface area is 154 Å². The predicted molar refractivity (Wildman–Crippen MR) is 103 cm³/mol. The molecule has 1 aromatic heterocycles. The first kappa shape index (κ1) is 21.0. The van der Waals surface area contributed by atoms with E-state index in [4.69, 9.17) is 5.73 Å². The zero-order valence-corrected chi connectivity index (χ0v) is 16.6. The highest BCUT2D eigenvalue weighted by molar-refractivity contribution is 7.15. The third-order valence-corrected chi connectivity index (χ3v) is 4.55. The molecule has 0 unspecified atom stereocenters. The fourth-order valence-electron chi connectivity index (χ4n) is 2.09. The summed E-state index contributed by atoms with van der Waals surface area (Å²) in [6.45, 7) is 7.04. The molecule has 2 rings (SSSR count). The summed E-state index contributed by atoms with van der Waals surface area (Å²) in [4.78, 5) is 25.3. The number of carbonyl (C=O) groups excluding carboxylic acids is 2. The SMILES string of the molecule is CN1CCCCCC1=O.COC(=O)c1sc(C#CC(C)(C)C)cc1N. The highest BCUT2D eigenvalue weighted by Crippen LogP contribution is 2.25. The lowest BCUT2D eigenvalue weighted by atomic mass is 9.98. The molecule has 138 valence electrons. The zero-order valence-electron chi connectivity index (χ0n) is 15.8. The predicted octanol–water partition coefficient (Wildman–Crippen LogP) is 3.53. The molecule has 0 aromatic carbocycles. The Bertz CT molecular complexity index is 662. The normalized spacial score (nSPS) is 14.6. The van der Waals surface area contributed by atoms with Gasteiger partial charge in [-0.3, -0.25) is 4.79 Å². The molecule has 2 heterocycles. The molecule has 25 heavy (non-hydrogen) atoms. The van der Waals surface area contributed by atoms with Crippen LogP contribution >= 0.6 is 11.3 Å². The number of anilines is 1. The molecule has 0 saturated carbocycles. The molecule has 0 atom stereocenters. The Kier molecular flexibility index (Phi) is 7.98. The van der Waals surface area contributed by atoms with Crippen LogP contribution in [0.15, 0.2) is 6.07 Å². The van der Waals surface area contributed by atoms with Crippen molar-refractivity contribution in [2.24, 2.45) is 5.41 Å². The van der Waals surface area contributed by atoms with Crippen molar-refractivity contribution in [1.29, 1.82) is 0 Å². The molecule has 1 aromatic rings. The molecule has 1 aliphatic rings. The van der Waals surface area contributed by atoms with Crippen LogP contribution in [0.3, 0.4) is 0 Å². The van der Waals surface area contributed by atoms with E-state index in [2.05, 4.69) is 16.6 Å². The lowest BCUT2D eigenvalue weighted by molar-refractivity contribution is -0.129. The molecule has 0 bridgehead atoms. The Balaban J connectivity index is 0.000000293. The number of methoxy groups -OCH3 is 1. The quantitative estimate of drug-likeness (QED) is 0.611. The summed E-state index contributed by atoms with van der Waals surface area (Å²) >= 11 is 1.26. The van der Waals surface area contributed by atoms with Crippen LogP contribution in [0.4, 0.5) is 5.69 Å². The van der Waals surface area contributed by atoms with E-state index < -0.39 is 5.97 Å². The second kappa shape index (κ2) is 9.47. The summed E-state index contributed by atoms with van der Waals surface area (Å²) in [7, 11) is 3.22. The monoisotopic (exact) mass is 364 g/mol. The number of ether oxygens (including phenoxy) is 1. The summed E-state index contributed by atoms with van der Waals surface area (Å²) < 4.78 is 4.62. The van der Waals surface area contributed by atoms with Crippen LogP contribution in [0.2, 0.25) is 0 Å². The van der Waals surface area contributed by atoms with E-state index in [0.717, 1.165) is 24.3 Å². The number of nitrogen functional groups attached to an aromatic ring is 1. The Morgan fingerprint density at radius 3 is 2.60 bits per heavy atom. The maximum atomic E-state index is 11.3. The molecule has 0 radical (unpaired) electrons. The van der Waals surface area contributed by atoms with Crippen molar-refractivity contribution in [3.8, 4) is 11.8 Å². The van der Waals surface area contributed by atoms with E-state index in [1.165, 1.54) is 31.3 Å². The molecular weight excluding hydrogens is 336 g/mol. The van der Waals surface area contributed by atoms with Crippen molar-refractivity contribution in [3.63, 3.8) is 0 Å². The number of rotatable bonds is 1. The Morgan fingerprint density at radius 1 is 1.32 bits per heavy atom. The first-order chi connectivity index (χ1) is 11.6. The standard InChI is InChI=1S/C12H15NO2S.C7H13NO/c1-12(2,3)6-5-8-7-9(13)10(16-8)11(14)15-4;1-8-6-4-2-3-5-7(8)9/h7H,13H2,1-4H3;2-6H2,1H3. The van der Waals surface area contributed by atoms with Crippen molar-refractivity contribution < 1.29 is 14.3 Å². The highest BCUT2D eigenvalue weighted by Gasteiger charge is 2.14. The Hall–Kier alpha value is -2.00. The van der Waals surface area contributed by atoms with E-state index in [1.54, 1.807) is 6.07 Å². The summed E-state index contributed by atoms with van der Waals surface area (Å²) in [6, 6.07) is 1.70. The van der Waals surface area contributed by atoms with E-state index in [1.807, 2.05) is 32.7 Å². The van der Waals surface area contributed by atoms with Gasteiger partial charge >= 0.3 is 5.97 Å². The van der Waals surface area contributed by atoms with Crippen molar-refractivity contribution in [2.45, 2.75) is 46.5 Å². The lowest BCUT2D eigenvalue weighted by Gasteiger charge is -2.11. The molecule has 6 heteroatoms. The molecule has 1 fully saturated rings. The number of nitrogens with zero attached hydrogens (tertiary/aromatic N) is 1. The minimum atomic E-state index is -0.411. The fourth-order valence-corrected chi connectivity index (χ4v) is 2.94. The number of esters is 1. The molecular formula is C19H28N2O3S. The third-order valence-electron chi connectivity index (χ3n) is 3.50. The fraction of sp³-hybridized carbons (Fsp3) is 0.579. The number of likely N-dealkylation sites (tertiary alicyclic amines) is 1. The first-order valence-electron chi connectivity index (χ1n) is 8.39. The van der Waals surface area contributed by atoms with Crippen LogP contribution < -0.4 is 5.73 Å². The van der Waals surface area contributed by atoms with Crippen molar-refractivity contribution >= 4 is 28.9 Å². The number of hydrogen-bond donors (Lipinski definition) is 1. The second-order valence-corrected chi connectivity index (χ2v) is 8.06. The maximum Gasteiger partial charge on any atom is 0.350 e. The van der Waals surface area contributed by atoms with Gasteiger partial charge in [-0.2, -0.15) is 0 Å². The zero-order chi connectivity index (χ0) is 19.0. The van der Waals surface area contributed by atoms with Crippen molar-refractivity contribution in [3.05, 3.63) is 15.8 Å². The largest absolute Gasteiger partial charge is 0.465 e. The van der Waals surface area contributed by atoms with E-state index in [9.17, 15) is 9.59 Å². The van der Waals surface area contributed by atoms with Gasteiger partial charge in [0.2, 0.25) is 5.91 Å². The third kappa shape index (κ3) is 7.61. The molecule has 1 amide bonds. The van der Waals surface area contributed by atoms with Gasteiger partial charge in [-0.25, -0.2) is 4.79 Å². The van der Waals surface area contributed by atoms with Crippen LogP contribution in [0.5, 0.6) is 0 Å². The van der Waals surface area contributed by atoms with Gasteiger partial charge in [-0.1, -0.05) is 18.3 Å². The second-order valence-electron chi connectivity index (χ2n) is 7.01. The van der Waals surface area contributed by atoms with Crippen molar-refractivity contribution in [2.75, 3.05) is 26.4 Å².